The molecule has 1 aliphatic rings. The van der Waals surface area contributed by atoms with Crippen LogP contribution in [-0.4, -0.2) is 10.2 Å². The van der Waals surface area contributed by atoms with Gasteiger partial charge in [-0.1, -0.05) is 42.0 Å². The average Bonchev–Trinajstić information content (AvgIpc) is 2.92. The number of ether oxygens (including phenoxy) is 1. The van der Waals surface area contributed by atoms with Crippen LogP contribution in [0.25, 0.3) is 22.5 Å². The predicted molar refractivity (Wildman–Crippen MR) is 78.5 cm³/mol. The zero-order valence-corrected chi connectivity index (χ0v) is 11.2. The van der Waals surface area contributed by atoms with Crippen molar-refractivity contribution in [3.05, 3.63) is 59.7 Å². The SMILES string of the molecule is Cc1ccc(-c2n[nH]c3c2COc2ccccc2-3)cc1. The largest absolute Gasteiger partial charge is 0.488 e. The summed E-state index contributed by atoms with van der Waals surface area (Å²) < 4.78 is 5.83. The van der Waals surface area contributed by atoms with E-state index in [1.54, 1.807) is 0 Å². The van der Waals surface area contributed by atoms with Crippen molar-refractivity contribution in [1.82, 2.24) is 10.2 Å². The number of para-hydroxylation sites is 1. The molecule has 0 aliphatic carbocycles. The van der Waals surface area contributed by atoms with Crippen molar-refractivity contribution in [3.63, 3.8) is 0 Å². The molecule has 3 aromatic rings. The zero-order valence-electron chi connectivity index (χ0n) is 11.2. The number of rotatable bonds is 1. The van der Waals surface area contributed by atoms with Crippen molar-refractivity contribution in [2.45, 2.75) is 13.5 Å². The third kappa shape index (κ3) is 1.63. The predicted octanol–water partition coefficient (Wildman–Crippen LogP) is 3.94. The van der Waals surface area contributed by atoms with Gasteiger partial charge in [0.25, 0.3) is 0 Å². The molecule has 2 heterocycles. The van der Waals surface area contributed by atoms with E-state index in [1.165, 1.54) is 5.56 Å². The van der Waals surface area contributed by atoms with Gasteiger partial charge in [0, 0.05) is 16.7 Å². The molecule has 3 heteroatoms. The standard InChI is InChI=1S/C17H14N2O/c1-11-6-8-12(9-7-11)16-14-10-20-15-5-3-2-4-13(15)17(14)19-18-16/h2-9H,10H2,1H3,(H,18,19). The summed E-state index contributed by atoms with van der Waals surface area (Å²) in [5, 5.41) is 7.66. The van der Waals surface area contributed by atoms with Gasteiger partial charge in [-0.05, 0) is 19.1 Å². The van der Waals surface area contributed by atoms with Crippen LogP contribution in [0.15, 0.2) is 48.5 Å². The number of nitrogens with zero attached hydrogens (tertiary/aromatic N) is 1. The Balaban J connectivity index is 1.87. The topological polar surface area (TPSA) is 37.9 Å². The lowest BCUT2D eigenvalue weighted by molar-refractivity contribution is 0.303. The Kier molecular flexibility index (Phi) is 2.39. The van der Waals surface area contributed by atoms with Crippen molar-refractivity contribution in [3.8, 4) is 28.3 Å². The van der Waals surface area contributed by atoms with Gasteiger partial charge in [0.2, 0.25) is 0 Å². The second-order valence-corrected chi connectivity index (χ2v) is 5.08. The van der Waals surface area contributed by atoms with E-state index in [1.807, 2.05) is 18.2 Å². The van der Waals surface area contributed by atoms with E-state index in [0.29, 0.717) is 6.61 Å². The molecule has 0 atom stereocenters. The number of fused-ring (bicyclic) bond motifs is 3. The van der Waals surface area contributed by atoms with Gasteiger partial charge in [0.15, 0.2) is 0 Å². The van der Waals surface area contributed by atoms with E-state index < -0.39 is 0 Å². The molecule has 1 aromatic heterocycles. The fraction of sp³-hybridized carbons (Fsp3) is 0.118. The normalized spacial score (nSPS) is 12.4. The molecule has 0 amide bonds. The molecule has 2 aromatic carbocycles. The lowest BCUT2D eigenvalue weighted by atomic mass is 9.99. The van der Waals surface area contributed by atoms with Crippen LogP contribution in [0.1, 0.15) is 11.1 Å². The fourth-order valence-electron chi connectivity index (χ4n) is 2.63. The van der Waals surface area contributed by atoms with Crippen LogP contribution >= 0.6 is 0 Å². The van der Waals surface area contributed by atoms with Gasteiger partial charge < -0.3 is 4.74 Å². The minimum atomic E-state index is 0.562. The van der Waals surface area contributed by atoms with Crippen LogP contribution in [0, 0.1) is 6.92 Å². The lowest BCUT2D eigenvalue weighted by Gasteiger charge is -2.17. The van der Waals surface area contributed by atoms with Gasteiger partial charge in [0.1, 0.15) is 12.4 Å². The molecular weight excluding hydrogens is 248 g/mol. The van der Waals surface area contributed by atoms with Crippen LogP contribution in [0.4, 0.5) is 0 Å². The molecule has 3 nitrogen and oxygen atoms in total. The molecule has 0 saturated heterocycles. The highest BCUT2D eigenvalue weighted by molar-refractivity contribution is 5.78. The third-order valence-electron chi connectivity index (χ3n) is 3.72. The molecule has 0 bridgehead atoms. The van der Waals surface area contributed by atoms with Crippen molar-refractivity contribution in [2.24, 2.45) is 0 Å². The molecule has 0 saturated carbocycles. The van der Waals surface area contributed by atoms with Gasteiger partial charge in [0.05, 0.1) is 11.4 Å². The van der Waals surface area contributed by atoms with Crippen molar-refractivity contribution < 1.29 is 4.74 Å². The summed E-state index contributed by atoms with van der Waals surface area (Å²) in [5.41, 5.74) is 6.64. The lowest BCUT2D eigenvalue weighted by Crippen LogP contribution is -2.04. The molecular formula is C17H14N2O. The van der Waals surface area contributed by atoms with Gasteiger partial charge in [-0.3, -0.25) is 5.10 Å². The molecule has 98 valence electrons. The first kappa shape index (κ1) is 11.3. The highest BCUT2D eigenvalue weighted by Crippen LogP contribution is 2.39. The van der Waals surface area contributed by atoms with Crippen LogP contribution in [0.5, 0.6) is 5.75 Å². The van der Waals surface area contributed by atoms with Crippen molar-refractivity contribution >= 4 is 0 Å². The average molecular weight is 262 g/mol. The first-order valence-electron chi connectivity index (χ1n) is 6.69. The van der Waals surface area contributed by atoms with Crippen LogP contribution < -0.4 is 4.74 Å². The Labute approximate surface area is 117 Å². The van der Waals surface area contributed by atoms with Gasteiger partial charge in [-0.15, -0.1) is 0 Å². The smallest absolute Gasteiger partial charge is 0.129 e. The minimum absolute atomic E-state index is 0.562. The molecule has 1 aliphatic heterocycles. The monoisotopic (exact) mass is 262 g/mol. The second kappa shape index (κ2) is 4.23. The number of hydrogen-bond donors (Lipinski definition) is 1. The first-order valence-corrected chi connectivity index (χ1v) is 6.69. The molecule has 0 radical (unpaired) electrons. The number of hydrogen-bond acceptors (Lipinski definition) is 2. The van der Waals surface area contributed by atoms with E-state index in [9.17, 15) is 0 Å². The molecule has 0 unspecified atom stereocenters. The summed E-state index contributed by atoms with van der Waals surface area (Å²) in [6, 6.07) is 16.5. The summed E-state index contributed by atoms with van der Waals surface area (Å²) in [6.45, 7) is 2.65. The zero-order chi connectivity index (χ0) is 13.5. The fourth-order valence-corrected chi connectivity index (χ4v) is 2.63. The number of benzene rings is 2. The molecule has 0 spiro atoms. The maximum Gasteiger partial charge on any atom is 0.129 e. The van der Waals surface area contributed by atoms with Gasteiger partial charge in [-0.25, -0.2) is 0 Å². The summed E-state index contributed by atoms with van der Waals surface area (Å²) in [5.74, 6) is 0.916. The number of aryl methyl sites for hydroxylation is 1. The molecule has 0 fully saturated rings. The van der Waals surface area contributed by atoms with Crippen molar-refractivity contribution in [2.75, 3.05) is 0 Å². The Bertz CT molecular complexity index is 772. The van der Waals surface area contributed by atoms with E-state index in [-0.39, 0.29) is 0 Å². The Morgan fingerprint density at radius 1 is 1.05 bits per heavy atom. The second-order valence-electron chi connectivity index (χ2n) is 5.08. The Hall–Kier alpha value is -2.55. The molecule has 1 N–H and O–H groups in total. The molecule has 4 rings (SSSR count). The summed E-state index contributed by atoms with van der Waals surface area (Å²) >= 11 is 0. The Morgan fingerprint density at radius 3 is 2.70 bits per heavy atom. The quantitative estimate of drug-likeness (QED) is 0.721. The highest BCUT2D eigenvalue weighted by Gasteiger charge is 2.23. The number of nitrogens with one attached hydrogen (secondary N) is 1. The molecule has 20 heavy (non-hydrogen) atoms. The minimum Gasteiger partial charge on any atom is -0.488 e. The van der Waals surface area contributed by atoms with Crippen molar-refractivity contribution in [1.29, 1.82) is 0 Å². The maximum atomic E-state index is 5.83. The third-order valence-corrected chi connectivity index (χ3v) is 3.72. The Morgan fingerprint density at radius 2 is 1.85 bits per heavy atom. The van der Waals surface area contributed by atoms with Gasteiger partial charge in [-0.2, -0.15) is 5.10 Å². The summed E-state index contributed by atoms with van der Waals surface area (Å²) in [4.78, 5) is 0. The van der Waals surface area contributed by atoms with E-state index in [0.717, 1.165) is 33.8 Å². The van der Waals surface area contributed by atoms with Crippen LogP contribution in [0.3, 0.4) is 0 Å². The number of H-pyrrole nitrogens is 1. The van der Waals surface area contributed by atoms with E-state index >= 15 is 0 Å². The van der Waals surface area contributed by atoms with Crippen LogP contribution in [0.2, 0.25) is 0 Å². The van der Waals surface area contributed by atoms with Gasteiger partial charge >= 0.3 is 0 Å². The maximum absolute atomic E-state index is 5.83. The van der Waals surface area contributed by atoms with E-state index in [4.69, 9.17) is 4.74 Å². The first-order chi connectivity index (χ1) is 9.83. The summed E-state index contributed by atoms with van der Waals surface area (Å²) in [7, 11) is 0. The highest BCUT2D eigenvalue weighted by atomic mass is 16.5. The number of aromatic amines is 1. The van der Waals surface area contributed by atoms with Crippen LogP contribution in [-0.2, 0) is 6.61 Å². The summed E-state index contributed by atoms with van der Waals surface area (Å²) in [6.07, 6.45) is 0. The van der Waals surface area contributed by atoms with E-state index in [2.05, 4.69) is 47.5 Å². The number of aromatic nitrogens is 2.